The number of phenolic OH excluding ortho intramolecular Hbond substituents is 1. The van der Waals surface area contributed by atoms with Gasteiger partial charge >= 0.3 is 5.69 Å². The van der Waals surface area contributed by atoms with Crippen LogP contribution in [-0.2, 0) is 0 Å². The van der Waals surface area contributed by atoms with Crippen LogP contribution < -0.4 is 0 Å². The normalized spacial score (nSPS) is 10.6. The second-order valence-electron chi connectivity index (χ2n) is 2.94. The van der Waals surface area contributed by atoms with Gasteiger partial charge in [-0.1, -0.05) is 12.2 Å². The zero-order valence-electron chi connectivity index (χ0n) is 8.16. The third-order valence-electron chi connectivity index (χ3n) is 1.88. The number of carbonyl (C=O) groups excluding carboxylic acids is 1. The van der Waals surface area contributed by atoms with Crippen molar-refractivity contribution in [3.63, 3.8) is 0 Å². The van der Waals surface area contributed by atoms with E-state index < -0.39 is 16.4 Å². The first-order chi connectivity index (χ1) is 7.60. The summed E-state index contributed by atoms with van der Waals surface area (Å²) in [7, 11) is 0. The Labute approximate surface area is 97.0 Å². The number of nitro groups is 1. The Morgan fingerprint density at radius 2 is 2.19 bits per heavy atom. The molecular weight excluding hydrogens is 230 g/mol. The van der Waals surface area contributed by atoms with Crippen LogP contribution in [0.1, 0.15) is 15.9 Å². The van der Waals surface area contributed by atoms with E-state index in [2.05, 4.69) is 12.6 Å². The maximum absolute atomic E-state index is 10.6. The van der Waals surface area contributed by atoms with Crippen LogP contribution in [0.4, 0.5) is 5.69 Å². The van der Waals surface area contributed by atoms with Crippen molar-refractivity contribution in [1.82, 2.24) is 0 Å². The summed E-state index contributed by atoms with van der Waals surface area (Å²) in [5.74, 6) is -0.131. The summed E-state index contributed by atoms with van der Waals surface area (Å²) in [6.07, 6.45) is 3.64. The smallest absolute Gasteiger partial charge is 0.312 e. The molecule has 0 saturated carbocycles. The number of aldehydes is 1. The average molecular weight is 239 g/mol. The molecule has 6 heteroatoms. The molecule has 0 aliphatic carbocycles. The van der Waals surface area contributed by atoms with Crippen molar-refractivity contribution in [2.45, 2.75) is 0 Å². The van der Waals surface area contributed by atoms with Crippen LogP contribution in [0.2, 0.25) is 0 Å². The lowest BCUT2D eigenvalue weighted by Gasteiger charge is -2.01. The Morgan fingerprint density at radius 3 is 2.69 bits per heavy atom. The Hall–Kier alpha value is -1.82. The van der Waals surface area contributed by atoms with Crippen LogP contribution in [0.3, 0.4) is 0 Å². The minimum absolute atomic E-state index is 0.104. The molecule has 0 bridgehead atoms. The van der Waals surface area contributed by atoms with E-state index in [-0.39, 0.29) is 5.56 Å². The van der Waals surface area contributed by atoms with Gasteiger partial charge in [-0.25, -0.2) is 0 Å². The Bertz CT molecular complexity index is 456. The van der Waals surface area contributed by atoms with Crippen molar-refractivity contribution in [2.24, 2.45) is 0 Å². The van der Waals surface area contributed by atoms with Crippen molar-refractivity contribution < 1.29 is 14.8 Å². The molecule has 0 aromatic heterocycles. The number of phenols is 1. The second kappa shape index (κ2) is 5.32. The number of hydrogen-bond acceptors (Lipinski definition) is 5. The van der Waals surface area contributed by atoms with Crippen LogP contribution in [0.25, 0.3) is 6.08 Å². The van der Waals surface area contributed by atoms with Gasteiger partial charge in [-0.15, -0.1) is 0 Å². The Kier molecular flexibility index (Phi) is 4.07. The molecule has 1 aromatic carbocycles. The molecular formula is C10H9NO4S. The van der Waals surface area contributed by atoms with E-state index in [0.29, 0.717) is 17.6 Å². The van der Waals surface area contributed by atoms with Gasteiger partial charge in [0.05, 0.1) is 10.5 Å². The fourth-order valence-electron chi connectivity index (χ4n) is 1.18. The first-order valence-electron chi connectivity index (χ1n) is 4.34. The Balaban J connectivity index is 3.33. The SMILES string of the molecule is O=Cc1cc(C=CCS)cc([N+](=O)[O-])c1O. The molecule has 0 heterocycles. The minimum atomic E-state index is -0.736. The number of benzene rings is 1. The molecule has 0 radical (unpaired) electrons. The van der Waals surface area contributed by atoms with E-state index in [4.69, 9.17) is 0 Å². The van der Waals surface area contributed by atoms with Gasteiger partial charge in [-0.2, -0.15) is 12.6 Å². The highest BCUT2D eigenvalue weighted by atomic mass is 32.1. The van der Waals surface area contributed by atoms with E-state index in [1.165, 1.54) is 12.1 Å². The zero-order chi connectivity index (χ0) is 12.1. The second-order valence-corrected chi connectivity index (χ2v) is 3.30. The van der Waals surface area contributed by atoms with Gasteiger partial charge in [0.25, 0.3) is 0 Å². The number of nitro benzene ring substituents is 1. The fraction of sp³-hybridized carbons (Fsp3) is 0.100. The van der Waals surface area contributed by atoms with E-state index in [9.17, 15) is 20.0 Å². The van der Waals surface area contributed by atoms with Crippen LogP contribution >= 0.6 is 12.6 Å². The van der Waals surface area contributed by atoms with E-state index in [0.717, 1.165) is 0 Å². The summed E-state index contributed by atoms with van der Waals surface area (Å²) >= 11 is 3.95. The molecule has 0 atom stereocenters. The number of thiol groups is 1. The van der Waals surface area contributed by atoms with Crippen molar-refractivity contribution in [3.8, 4) is 5.75 Å². The van der Waals surface area contributed by atoms with E-state index in [1.54, 1.807) is 12.2 Å². The number of aromatic hydroxyl groups is 1. The molecule has 16 heavy (non-hydrogen) atoms. The lowest BCUT2D eigenvalue weighted by atomic mass is 10.1. The lowest BCUT2D eigenvalue weighted by Crippen LogP contribution is -1.93. The number of rotatable bonds is 4. The molecule has 0 saturated heterocycles. The highest BCUT2D eigenvalue weighted by Crippen LogP contribution is 2.30. The Morgan fingerprint density at radius 1 is 1.50 bits per heavy atom. The molecule has 0 amide bonds. The molecule has 0 unspecified atom stereocenters. The highest BCUT2D eigenvalue weighted by Gasteiger charge is 2.17. The standard InChI is InChI=1S/C10H9NO4S/c12-6-8-4-7(2-1-3-16)5-9(10(8)13)11(14)15/h1-2,4-6,13,16H,3H2. The molecule has 0 aliphatic rings. The van der Waals surface area contributed by atoms with Crippen LogP contribution in [0, 0.1) is 10.1 Å². The van der Waals surface area contributed by atoms with Crippen LogP contribution in [0.5, 0.6) is 5.75 Å². The molecule has 1 aromatic rings. The summed E-state index contributed by atoms with van der Waals surface area (Å²) in [6, 6.07) is 2.57. The van der Waals surface area contributed by atoms with Gasteiger partial charge in [-0.05, 0) is 11.6 Å². The molecule has 0 aliphatic heterocycles. The zero-order valence-corrected chi connectivity index (χ0v) is 9.05. The topological polar surface area (TPSA) is 80.4 Å². The predicted molar refractivity (Wildman–Crippen MR) is 63.0 cm³/mol. The van der Waals surface area contributed by atoms with E-state index >= 15 is 0 Å². The maximum atomic E-state index is 10.6. The molecule has 1 N–H and O–H groups in total. The largest absolute Gasteiger partial charge is 0.502 e. The summed E-state index contributed by atoms with van der Waals surface area (Å²) in [5, 5.41) is 20.0. The third-order valence-corrected chi connectivity index (χ3v) is 2.09. The molecule has 84 valence electrons. The van der Waals surface area contributed by atoms with Gasteiger partial charge in [-0.3, -0.25) is 14.9 Å². The number of nitrogens with zero attached hydrogens (tertiary/aromatic N) is 1. The van der Waals surface area contributed by atoms with Crippen molar-refractivity contribution in [1.29, 1.82) is 0 Å². The van der Waals surface area contributed by atoms with Gasteiger partial charge in [0, 0.05) is 11.8 Å². The first-order valence-corrected chi connectivity index (χ1v) is 4.97. The summed E-state index contributed by atoms with van der Waals surface area (Å²) in [4.78, 5) is 20.5. The fourth-order valence-corrected chi connectivity index (χ4v) is 1.28. The first kappa shape index (κ1) is 12.3. The number of carbonyl (C=O) groups is 1. The van der Waals surface area contributed by atoms with Gasteiger partial charge < -0.3 is 5.11 Å². The molecule has 0 fully saturated rings. The lowest BCUT2D eigenvalue weighted by molar-refractivity contribution is -0.385. The van der Waals surface area contributed by atoms with Gasteiger partial charge in [0.2, 0.25) is 5.75 Å². The maximum Gasteiger partial charge on any atom is 0.312 e. The number of hydrogen-bond donors (Lipinski definition) is 2. The monoisotopic (exact) mass is 239 g/mol. The van der Waals surface area contributed by atoms with Gasteiger partial charge in [0.1, 0.15) is 0 Å². The molecule has 5 nitrogen and oxygen atoms in total. The minimum Gasteiger partial charge on any atom is -0.502 e. The molecule has 0 spiro atoms. The summed E-state index contributed by atoms with van der Waals surface area (Å²) < 4.78 is 0. The summed E-state index contributed by atoms with van der Waals surface area (Å²) in [6.45, 7) is 0. The average Bonchev–Trinajstić information content (AvgIpc) is 2.27. The van der Waals surface area contributed by atoms with Crippen molar-refractivity contribution >= 4 is 30.7 Å². The predicted octanol–water partition coefficient (Wildman–Crippen LogP) is 2.06. The van der Waals surface area contributed by atoms with Crippen molar-refractivity contribution in [2.75, 3.05) is 5.75 Å². The van der Waals surface area contributed by atoms with Gasteiger partial charge in [0.15, 0.2) is 6.29 Å². The van der Waals surface area contributed by atoms with Crippen LogP contribution in [-0.4, -0.2) is 22.1 Å². The summed E-state index contributed by atoms with van der Waals surface area (Å²) in [5.41, 5.74) is -0.114. The van der Waals surface area contributed by atoms with E-state index in [1.807, 2.05) is 0 Å². The third kappa shape index (κ3) is 2.60. The quantitative estimate of drug-likeness (QED) is 0.365. The van der Waals surface area contributed by atoms with Crippen molar-refractivity contribution in [3.05, 3.63) is 39.4 Å². The highest BCUT2D eigenvalue weighted by molar-refractivity contribution is 7.80. The van der Waals surface area contributed by atoms with Crippen LogP contribution in [0.15, 0.2) is 18.2 Å². The molecule has 1 rings (SSSR count).